The van der Waals surface area contributed by atoms with Gasteiger partial charge in [0.25, 0.3) is 11.4 Å². The van der Waals surface area contributed by atoms with Crippen molar-refractivity contribution in [3.8, 4) is 0 Å². The monoisotopic (exact) mass is 690 g/mol. The number of halogens is 2. The number of esters is 2. The zero-order chi connectivity index (χ0) is 28.3. The number of nitro benzene ring substituents is 2. The molecule has 2 rings (SSSR count). The summed E-state index contributed by atoms with van der Waals surface area (Å²) in [7, 11) is 7.87. The summed E-state index contributed by atoms with van der Waals surface area (Å²) in [6.45, 7) is 2.66. The van der Waals surface area contributed by atoms with Gasteiger partial charge in [0.15, 0.2) is 0 Å². The molecule has 222 valence electrons. The van der Waals surface area contributed by atoms with E-state index in [0.29, 0.717) is 35.1 Å². The molecule has 0 aliphatic carbocycles. The Labute approximate surface area is 254 Å². The van der Waals surface area contributed by atoms with Crippen LogP contribution in [0.1, 0.15) is 24.0 Å². The van der Waals surface area contributed by atoms with E-state index < -0.39 is 21.8 Å². The van der Waals surface area contributed by atoms with E-state index >= 15 is 0 Å². The zero-order valence-electron chi connectivity index (χ0n) is 23.1. The van der Waals surface area contributed by atoms with Crippen molar-refractivity contribution in [1.29, 1.82) is 0 Å². The maximum atomic E-state index is 12.0. The number of rotatable bonds is 15. The van der Waals surface area contributed by atoms with Crippen LogP contribution >= 0.6 is 0 Å². The number of benzene rings is 2. The number of quaternary nitrogens is 2. The summed E-state index contributed by atoms with van der Waals surface area (Å²) < 4.78 is 11.6. The van der Waals surface area contributed by atoms with Crippen LogP contribution in [-0.2, 0) is 32.2 Å². The number of likely N-dealkylation sites (N-methyl/N-ethyl adjacent to an activating group) is 2. The minimum absolute atomic E-state index is 0. The van der Waals surface area contributed by atoms with E-state index in [-0.39, 0.29) is 71.4 Å². The first-order chi connectivity index (χ1) is 17.8. The van der Waals surface area contributed by atoms with Gasteiger partial charge in [-0.1, -0.05) is 0 Å². The molecule has 0 saturated heterocycles. The topological polar surface area (TPSA) is 139 Å². The van der Waals surface area contributed by atoms with Gasteiger partial charge in [-0.3, -0.25) is 29.8 Å². The maximum Gasteiger partial charge on any atom is 0.306 e. The fourth-order valence-electron chi connectivity index (χ4n) is 3.75. The lowest BCUT2D eigenvalue weighted by Gasteiger charge is -2.29. The largest absolute Gasteiger partial charge is 1.00 e. The number of hydrogen-bond acceptors (Lipinski definition) is 8. The molecule has 40 heavy (non-hydrogen) atoms. The Kier molecular flexibility index (Phi) is 15.8. The minimum atomic E-state index is -0.480. The number of carbonyl (C=O) groups excluding carboxylic acids is 2. The van der Waals surface area contributed by atoms with Gasteiger partial charge in [0.05, 0.1) is 50.9 Å². The van der Waals surface area contributed by atoms with Gasteiger partial charge in [-0.2, -0.15) is 0 Å². The molecule has 12 nitrogen and oxygen atoms in total. The highest BCUT2D eigenvalue weighted by molar-refractivity contribution is 5.77. The highest BCUT2D eigenvalue weighted by atomic mass is 79.9. The molecule has 0 aliphatic rings. The normalized spacial score (nSPS) is 11.0. The van der Waals surface area contributed by atoms with Gasteiger partial charge in [0.2, 0.25) is 0 Å². The van der Waals surface area contributed by atoms with Crippen molar-refractivity contribution in [2.75, 3.05) is 54.5 Å². The molecule has 0 saturated carbocycles. The number of ether oxygens (including phenoxy) is 2. The lowest BCUT2D eigenvalue weighted by molar-refractivity contribution is -0.903. The molecular weight excluding hydrogens is 656 g/mol. The summed E-state index contributed by atoms with van der Waals surface area (Å²) in [6.07, 6.45) is -0.148. The molecule has 0 bridgehead atoms. The molecule has 0 aliphatic heterocycles. The summed E-state index contributed by atoms with van der Waals surface area (Å²) in [5, 5.41) is 21.6. The Morgan fingerprint density at radius 2 is 0.950 bits per heavy atom. The van der Waals surface area contributed by atoms with Crippen LogP contribution in [0.5, 0.6) is 0 Å². The van der Waals surface area contributed by atoms with Gasteiger partial charge in [-0.25, -0.2) is 0 Å². The fraction of sp³-hybridized carbons (Fsp3) is 0.462. The van der Waals surface area contributed by atoms with Crippen LogP contribution in [0, 0.1) is 20.2 Å². The third-order valence-corrected chi connectivity index (χ3v) is 5.97. The Balaban J connectivity index is 0.00000760. The van der Waals surface area contributed by atoms with Gasteiger partial charge < -0.3 is 52.4 Å². The first kappa shape index (κ1) is 37.1. The van der Waals surface area contributed by atoms with Gasteiger partial charge in [-0.05, 0) is 24.3 Å². The van der Waals surface area contributed by atoms with E-state index in [4.69, 9.17) is 9.47 Å². The molecule has 0 radical (unpaired) electrons. The molecule has 0 aromatic heterocycles. The molecule has 0 N–H and O–H groups in total. The lowest BCUT2D eigenvalue weighted by Crippen LogP contribution is -3.00. The first-order valence-electron chi connectivity index (χ1n) is 12.2. The summed E-state index contributed by atoms with van der Waals surface area (Å²) in [5.74, 6) is -0.960. The summed E-state index contributed by atoms with van der Waals surface area (Å²) in [5.41, 5.74) is 1.95. The van der Waals surface area contributed by atoms with Gasteiger partial charge >= 0.3 is 11.9 Å². The van der Waals surface area contributed by atoms with E-state index in [0.717, 1.165) is 11.1 Å². The van der Waals surface area contributed by atoms with Crippen LogP contribution in [-0.4, -0.2) is 85.2 Å². The summed E-state index contributed by atoms with van der Waals surface area (Å²) in [6, 6.07) is 12.7. The Hall–Kier alpha value is -2.94. The van der Waals surface area contributed by atoms with Crippen molar-refractivity contribution in [2.45, 2.75) is 25.9 Å². The summed E-state index contributed by atoms with van der Waals surface area (Å²) in [4.78, 5) is 44.8. The number of non-ortho nitro benzene ring substituents is 2. The van der Waals surface area contributed by atoms with Crippen molar-refractivity contribution >= 4 is 23.3 Å². The van der Waals surface area contributed by atoms with Crippen molar-refractivity contribution in [3.63, 3.8) is 0 Å². The minimum Gasteiger partial charge on any atom is -1.00 e. The number of carbonyl (C=O) groups is 2. The Morgan fingerprint density at radius 3 is 1.23 bits per heavy atom. The van der Waals surface area contributed by atoms with E-state index in [9.17, 15) is 29.8 Å². The maximum absolute atomic E-state index is 12.0. The molecule has 0 heterocycles. The predicted molar refractivity (Wildman–Crippen MR) is 139 cm³/mol. The van der Waals surface area contributed by atoms with E-state index in [2.05, 4.69) is 0 Å². The third-order valence-electron chi connectivity index (χ3n) is 5.97. The Bertz CT molecular complexity index is 1040. The molecule has 0 unspecified atom stereocenters. The first-order valence-corrected chi connectivity index (χ1v) is 12.2. The molecule has 14 heteroatoms. The van der Waals surface area contributed by atoms with Crippen LogP contribution in [0.2, 0.25) is 0 Å². The molecule has 0 amide bonds. The standard InChI is InChI=1S/C26H36N4O8.2BrH/c1-29(2,19-21-5-9-23(10-6-21)27(33)34)15-17-37-25(31)13-14-26(32)38-18-16-30(3,4)20-22-7-11-24(12-8-22)28(35)36;;/h5-12H,13-20H2,1-4H3;2*1H/q+2;;/p-2. The quantitative estimate of drug-likeness (QED) is 0.0847. The van der Waals surface area contributed by atoms with Gasteiger partial charge in [-0.15, -0.1) is 0 Å². The van der Waals surface area contributed by atoms with Crippen molar-refractivity contribution in [1.82, 2.24) is 0 Å². The van der Waals surface area contributed by atoms with Crippen LogP contribution < -0.4 is 34.0 Å². The van der Waals surface area contributed by atoms with Crippen molar-refractivity contribution in [3.05, 3.63) is 79.9 Å². The second-order valence-electron chi connectivity index (χ2n) is 10.4. The van der Waals surface area contributed by atoms with Crippen LogP contribution in [0.25, 0.3) is 0 Å². The van der Waals surface area contributed by atoms with Crippen LogP contribution in [0.4, 0.5) is 11.4 Å². The molecular formula is C26H36Br2N4O8. The second kappa shape index (κ2) is 17.0. The van der Waals surface area contributed by atoms with E-state index in [1.54, 1.807) is 24.3 Å². The van der Waals surface area contributed by atoms with Crippen molar-refractivity contribution in [2.24, 2.45) is 0 Å². The number of nitrogens with zero attached hydrogens (tertiary/aromatic N) is 4. The molecule has 2 aromatic rings. The van der Waals surface area contributed by atoms with Crippen LogP contribution in [0.3, 0.4) is 0 Å². The molecule has 0 fully saturated rings. The average Bonchev–Trinajstić information content (AvgIpc) is 2.82. The van der Waals surface area contributed by atoms with Crippen LogP contribution in [0.15, 0.2) is 48.5 Å². The van der Waals surface area contributed by atoms with E-state index in [1.807, 2.05) is 28.2 Å². The SMILES string of the molecule is C[N+](C)(CCOC(=O)CCC(=O)OCC[N+](C)(C)Cc1ccc([N+](=O)[O-])cc1)Cc1ccc([N+](=O)[O-])cc1.[Br-].[Br-]. The zero-order valence-corrected chi connectivity index (χ0v) is 26.3. The van der Waals surface area contributed by atoms with E-state index in [1.165, 1.54) is 24.3 Å². The Morgan fingerprint density at radius 1 is 0.650 bits per heavy atom. The fourth-order valence-corrected chi connectivity index (χ4v) is 3.75. The van der Waals surface area contributed by atoms with Crippen molar-refractivity contribution < 1.29 is 71.8 Å². The highest BCUT2D eigenvalue weighted by Crippen LogP contribution is 2.16. The third kappa shape index (κ3) is 13.9. The average molecular weight is 692 g/mol. The molecule has 0 atom stereocenters. The number of hydrogen-bond donors (Lipinski definition) is 0. The number of nitro groups is 2. The molecule has 0 spiro atoms. The lowest BCUT2D eigenvalue weighted by atomic mass is 10.2. The predicted octanol–water partition coefficient (Wildman–Crippen LogP) is -2.77. The second-order valence-corrected chi connectivity index (χ2v) is 10.4. The van der Waals surface area contributed by atoms with Gasteiger partial charge in [0, 0.05) is 35.4 Å². The smallest absolute Gasteiger partial charge is 0.306 e. The summed E-state index contributed by atoms with van der Waals surface area (Å²) >= 11 is 0. The molecule has 2 aromatic carbocycles. The highest BCUT2D eigenvalue weighted by Gasteiger charge is 2.20. The van der Waals surface area contributed by atoms with Gasteiger partial charge in [0.1, 0.15) is 39.4 Å².